The number of para-hydroxylation sites is 1. The van der Waals surface area contributed by atoms with Gasteiger partial charge >= 0.3 is 0 Å². The molecule has 0 unspecified atom stereocenters. The summed E-state index contributed by atoms with van der Waals surface area (Å²) < 4.78 is 0. The van der Waals surface area contributed by atoms with Crippen LogP contribution < -0.4 is 10.2 Å². The zero-order valence-corrected chi connectivity index (χ0v) is 14.2. The van der Waals surface area contributed by atoms with Crippen LogP contribution in [0, 0.1) is 6.92 Å². The van der Waals surface area contributed by atoms with Gasteiger partial charge in [0.15, 0.2) is 0 Å². The first-order valence-corrected chi connectivity index (χ1v) is 8.01. The molecule has 0 aliphatic heterocycles. The average Bonchev–Trinajstić information content (AvgIpc) is 2.48. The van der Waals surface area contributed by atoms with Crippen molar-refractivity contribution >= 4 is 17.5 Å². The van der Waals surface area contributed by atoms with Crippen molar-refractivity contribution in [2.45, 2.75) is 40.5 Å². The van der Waals surface area contributed by atoms with Crippen LogP contribution in [0.4, 0.5) is 17.5 Å². The number of anilines is 3. The van der Waals surface area contributed by atoms with Crippen LogP contribution in [0.25, 0.3) is 0 Å². The second-order valence-electron chi connectivity index (χ2n) is 5.73. The normalized spacial score (nSPS) is 10.8. The molecule has 0 atom stereocenters. The highest BCUT2D eigenvalue weighted by atomic mass is 15.2. The standard InChI is InChI=1S/C18H26N4/c1-6-22(7-2)17-12-14(5)19-18(21-17)20-16-11-9-8-10-15(16)13(3)4/h8-13H,6-7H2,1-5H3,(H,19,20,21). The van der Waals surface area contributed by atoms with Gasteiger partial charge in [-0.2, -0.15) is 4.98 Å². The number of aryl methyl sites for hydroxylation is 1. The van der Waals surface area contributed by atoms with E-state index in [1.54, 1.807) is 0 Å². The molecule has 118 valence electrons. The molecule has 0 radical (unpaired) electrons. The third-order valence-electron chi connectivity index (χ3n) is 3.76. The molecule has 1 N–H and O–H groups in total. The Kier molecular flexibility index (Phi) is 5.36. The van der Waals surface area contributed by atoms with Crippen LogP contribution in [0.15, 0.2) is 30.3 Å². The number of hydrogen-bond donors (Lipinski definition) is 1. The van der Waals surface area contributed by atoms with Crippen molar-refractivity contribution in [1.29, 1.82) is 0 Å². The van der Waals surface area contributed by atoms with Crippen molar-refractivity contribution in [3.8, 4) is 0 Å². The minimum atomic E-state index is 0.454. The second-order valence-corrected chi connectivity index (χ2v) is 5.73. The maximum absolute atomic E-state index is 4.68. The first-order chi connectivity index (χ1) is 10.5. The van der Waals surface area contributed by atoms with E-state index in [1.807, 2.05) is 19.1 Å². The average molecular weight is 298 g/mol. The smallest absolute Gasteiger partial charge is 0.229 e. The van der Waals surface area contributed by atoms with Gasteiger partial charge in [0.1, 0.15) is 5.82 Å². The third kappa shape index (κ3) is 3.75. The van der Waals surface area contributed by atoms with Crippen molar-refractivity contribution in [3.05, 3.63) is 41.6 Å². The molecule has 0 saturated carbocycles. The zero-order valence-electron chi connectivity index (χ0n) is 14.2. The van der Waals surface area contributed by atoms with Crippen LogP contribution in [0.2, 0.25) is 0 Å². The highest BCUT2D eigenvalue weighted by Crippen LogP contribution is 2.26. The largest absolute Gasteiger partial charge is 0.357 e. The second kappa shape index (κ2) is 7.25. The van der Waals surface area contributed by atoms with Crippen molar-refractivity contribution in [2.24, 2.45) is 0 Å². The van der Waals surface area contributed by atoms with E-state index < -0.39 is 0 Å². The van der Waals surface area contributed by atoms with E-state index in [0.29, 0.717) is 11.9 Å². The molecular formula is C18H26N4. The van der Waals surface area contributed by atoms with Crippen molar-refractivity contribution < 1.29 is 0 Å². The summed E-state index contributed by atoms with van der Waals surface area (Å²) in [5.41, 5.74) is 3.33. The Hall–Kier alpha value is -2.10. The molecule has 4 heteroatoms. The van der Waals surface area contributed by atoms with Crippen LogP contribution in [-0.2, 0) is 0 Å². The lowest BCUT2D eigenvalue weighted by Gasteiger charge is -2.21. The van der Waals surface area contributed by atoms with Gasteiger partial charge in [0, 0.05) is 30.5 Å². The molecule has 1 heterocycles. The lowest BCUT2D eigenvalue weighted by molar-refractivity contribution is 0.839. The molecule has 0 fully saturated rings. The van der Waals surface area contributed by atoms with Gasteiger partial charge in [-0.1, -0.05) is 32.0 Å². The van der Waals surface area contributed by atoms with Gasteiger partial charge in [-0.15, -0.1) is 0 Å². The summed E-state index contributed by atoms with van der Waals surface area (Å²) in [6.45, 7) is 12.6. The Balaban J connectivity index is 2.34. The molecule has 0 bridgehead atoms. The molecule has 1 aromatic heterocycles. The molecule has 4 nitrogen and oxygen atoms in total. The molecule has 0 amide bonds. The fraction of sp³-hybridized carbons (Fsp3) is 0.444. The minimum absolute atomic E-state index is 0.454. The highest BCUT2D eigenvalue weighted by Gasteiger charge is 2.10. The maximum Gasteiger partial charge on any atom is 0.229 e. The number of aromatic nitrogens is 2. The molecule has 0 aliphatic carbocycles. The number of nitrogens with one attached hydrogen (secondary N) is 1. The molecule has 2 rings (SSSR count). The number of rotatable bonds is 6. The van der Waals surface area contributed by atoms with E-state index in [9.17, 15) is 0 Å². The number of benzene rings is 1. The predicted octanol–water partition coefficient (Wildman–Crippen LogP) is 4.50. The molecule has 22 heavy (non-hydrogen) atoms. The van der Waals surface area contributed by atoms with E-state index in [0.717, 1.165) is 30.3 Å². The summed E-state index contributed by atoms with van der Waals surface area (Å²) in [6, 6.07) is 10.4. The quantitative estimate of drug-likeness (QED) is 0.852. The number of hydrogen-bond acceptors (Lipinski definition) is 4. The topological polar surface area (TPSA) is 41.1 Å². The summed E-state index contributed by atoms with van der Waals surface area (Å²) in [5.74, 6) is 2.09. The van der Waals surface area contributed by atoms with Crippen LogP contribution in [0.5, 0.6) is 0 Å². The highest BCUT2D eigenvalue weighted by molar-refractivity contribution is 5.60. The van der Waals surface area contributed by atoms with E-state index >= 15 is 0 Å². The SMILES string of the molecule is CCN(CC)c1cc(C)nc(Nc2ccccc2C(C)C)n1. The summed E-state index contributed by atoms with van der Waals surface area (Å²) in [7, 11) is 0. The van der Waals surface area contributed by atoms with Crippen LogP contribution >= 0.6 is 0 Å². The van der Waals surface area contributed by atoms with Crippen LogP contribution in [-0.4, -0.2) is 23.1 Å². The van der Waals surface area contributed by atoms with E-state index in [4.69, 9.17) is 0 Å². The van der Waals surface area contributed by atoms with Crippen molar-refractivity contribution in [3.63, 3.8) is 0 Å². The molecule has 0 aliphatic rings. The van der Waals surface area contributed by atoms with E-state index in [2.05, 4.69) is 66.1 Å². The summed E-state index contributed by atoms with van der Waals surface area (Å²) >= 11 is 0. The summed E-state index contributed by atoms with van der Waals surface area (Å²) in [6.07, 6.45) is 0. The maximum atomic E-state index is 4.68. The third-order valence-corrected chi connectivity index (χ3v) is 3.76. The van der Waals surface area contributed by atoms with Crippen molar-refractivity contribution in [1.82, 2.24) is 9.97 Å². The first-order valence-electron chi connectivity index (χ1n) is 8.01. The monoisotopic (exact) mass is 298 g/mol. The molecule has 0 spiro atoms. The summed E-state index contributed by atoms with van der Waals surface area (Å²) in [4.78, 5) is 11.4. The zero-order chi connectivity index (χ0) is 16.1. The van der Waals surface area contributed by atoms with Gasteiger partial charge < -0.3 is 10.2 Å². The Morgan fingerprint density at radius 1 is 1.09 bits per heavy atom. The molecule has 2 aromatic rings. The fourth-order valence-corrected chi connectivity index (χ4v) is 2.55. The van der Waals surface area contributed by atoms with E-state index in [1.165, 1.54) is 5.56 Å². The van der Waals surface area contributed by atoms with Gasteiger partial charge in [0.2, 0.25) is 5.95 Å². The van der Waals surface area contributed by atoms with Crippen molar-refractivity contribution in [2.75, 3.05) is 23.3 Å². The van der Waals surface area contributed by atoms with Crippen LogP contribution in [0.3, 0.4) is 0 Å². The minimum Gasteiger partial charge on any atom is -0.357 e. The van der Waals surface area contributed by atoms with Gasteiger partial charge in [-0.3, -0.25) is 0 Å². The lowest BCUT2D eigenvalue weighted by atomic mass is 10.0. The lowest BCUT2D eigenvalue weighted by Crippen LogP contribution is -2.23. The Morgan fingerprint density at radius 3 is 2.41 bits per heavy atom. The Morgan fingerprint density at radius 2 is 1.77 bits per heavy atom. The Labute approximate surface area is 133 Å². The Bertz CT molecular complexity index is 618. The van der Waals surface area contributed by atoms with Gasteiger partial charge in [0.25, 0.3) is 0 Å². The molecule has 1 aromatic carbocycles. The summed E-state index contributed by atoms with van der Waals surface area (Å²) in [5, 5.41) is 3.39. The molecule has 0 saturated heterocycles. The van der Waals surface area contributed by atoms with Crippen LogP contribution in [0.1, 0.15) is 44.9 Å². The number of nitrogens with zero attached hydrogens (tertiary/aromatic N) is 3. The van der Waals surface area contributed by atoms with E-state index in [-0.39, 0.29) is 0 Å². The molecular weight excluding hydrogens is 272 g/mol. The first kappa shape index (κ1) is 16.3. The van der Waals surface area contributed by atoms with Gasteiger partial charge in [0.05, 0.1) is 0 Å². The fourth-order valence-electron chi connectivity index (χ4n) is 2.55. The van der Waals surface area contributed by atoms with Gasteiger partial charge in [-0.05, 0) is 38.3 Å². The predicted molar refractivity (Wildman–Crippen MR) is 94.1 cm³/mol. The van der Waals surface area contributed by atoms with Gasteiger partial charge in [-0.25, -0.2) is 4.98 Å².